The Kier molecular flexibility index (Phi) is 5.67. The average Bonchev–Trinajstić information content (AvgIpc) is 2.50. The Morgan fingerprint density at radius 3 is 2.50 bits per heavy atom. The van der Waals surface area contributed by atoms with E-state index in [0.29, 0.717) is 23.1 Å². The number of amides is 1. The minimum Gasteiger partial charge on any atom is -0.495 e. The van der Waals surface area contributed by atoms with Crippen LogP contribution in [0.25, 0.3) is 0 Å². The SMILES string of the molecule is CCOc1ccc(CC(=O)Nc2ccc(OC)c(Cl)c2)cc1. The fourth-order valence-corrected chi connectivity index (χ4v) is 2.26. The van der Waals surface area contributed by atoms with Gasteiger partial charge in [-0.25, -0.2) is 0 Å². The van der Waals surface area contributed by atoms with Gasteiger partial charge < -0.3 is 14.8 Å². The van der Waals surface area contributed by atoms with Crippen LogP contribution in [0.1, 0.15) is 12.5 Å². The Morgan fingerprint density at radius 1 is 1.18 bits per heavy atom. The highest BCUT2D eigenvalue weighted by molar-refractivity contribution is 6.32. The maximum atomic E-state index is 12.0. The molecule has 4 nitrogen and oxygen atoms in total. The van der Waals surface area contributed by atoms with E-state index < -0.39 is 0 Å². The number of hydrogen-bond acceptors (Lipinski definition) is 3. The van der Waals surface area contributed by atoms with Crippen LogP contribution >= 0.6 is 11.6 Å². The largest absolute Gasteiger partial charge is 0.495 e. The normalized spacial score (nSPS) is 10.1. The van der Waals surface area contributed by atoms with Gasteiger partial charge in [0.1, 0.15) is 11.5 Å². The molecule has 0 bridgehead atoms. The molecule has 22 heavy (non-hydrogen) atoms. The molecular weight excluding hydrogens is 302 g/mol. The Hall–Kier alpha value is -2.20. The smallest absolute Gasteiger partial charge is 0.228 e. The molecule has 1 N–H and O–H groups in total. The number of carbonyl (C=O) groups excluding carboxylic acids is 1. The number of hydrogen-bond donors (Lipinski definition) is 1. The second kappa shape index (κ2) is 7.71. The number of anilines is 1. The standard InChI is InChI=1S/C17H18ClNO3/c1-3-22-14-7-4-12(5-8-14)10-17(20)19-13-6-9-16(21-2)15(18)11-13/h4-9,11H,3,10H2,1-2H3,(H,19,20). The van der Waals surface area contributed by atoms with Crippen molar-refractivity contribution in [2.45, 2.75) is 13.3 Å². The van der Waals surface area contributed by atoms with Crippen molar-refractivity contribution in [3.05, 3.63) is 53.1 Å². The maximum Gasteiger partial charge on any atom is 0.228 e. The first-order valence-corrected chi connectivity index (χ1v) is 7.35. The molecule has 116 valence electrons. The molecule has 0 heterocycles. The van der Waals surface area contributed by atoms with Gasteiger partial charge in [0.05, 0.1) is 25.2 Å². The minimum absolute atomic E-state index is 0.106. The molecule has 0 saturated heterocycles. The molecule has 0 spiro atoms. The highest BCUT2D eigenvalue weighted by atomic mass is 35.5. The third-order valence-electron chi connectivity index (χ3n) is 3.03. The molecule has 0 atom stereocenters. The van der Waals surface area contributed by atoms with Crippen molar-refractivity contribution in [2.24, 2.45) is 0 Å². The molecule has 0 aliphatic rings. The third-order valence-corrected chi connectivity index (χ3v) is 3.33. The van der Waals surface area contributed by atoms with Crippen LogP contribution in [0.5, 0.6) is 11.5 Å². The monoisotopic (exact) mass is 319 g/mol. The lowest BCUT2D eigenvalue weighted by atomic mass is 10.1. The molecule has 1 amide bonds. The van der Waals surface area contributed by atoms with Crippen LogP contribution < -0.4 is 14.8 Å². The van der Waals surface area contributed by atoms with E-state index in [0.717, 1.165) is 11.3 Å². The van der Waals surface area contributed by atoms with Crippen molar-refractivity contribution in [2.75, 3.05) is 19.0 Å². The summed E-state index contributed by atoms with van der Waals surface area (Å²) in [7, 11) is 1.55. The van der Waals surface area contributed by atoms with Crippen molar-refractivity contribution in [1.82, 2.24) is 0 Å². The van der Waals surface area contributed by atoms with Crippen LogP contribution in [0, 0.1) is 0 Å². The van der Waals surface area contributed by atoms with Gasteiger partial charge >= 0.3 is 0 Å². The molecule has 0 unspecified atom stereocenters. The number of methoxy groups -OCH3 is 1. The van der Waals surface area contributed by atoms with Crippen molar-refractivity contribution >= 4 is 23.2 Å². The summed E-state index contributed by atoms with van der Waals surface area (Å²) in [6.45, 7) is 2.55. The fraction of sp³-hybridized carbons (Fsp3) is 0.235. The number of nitrogens with one attached hydrogen (secondary N) is 1. The van der Waals surface area contributed by atoms with Gasteiger partial charge in [0.25, 0.3) is 0 Å². The number of rotatable bonds is 6. The molecule has 0 aliphatic carbocycles. The summed E-state index contributed by atoms with van der Waals surface area (Å²) in [6, 6.07) is 12.6. The van der Waals surface area contributed by atoms with E-state index in [2.05, 4.69) is 5.32 Å². The van der Waals surface area contributed by atoms with Gasteiger partial charge in [-0.2, -0.15) is 0 Å². The zero-order chi connectivity index (χ0) is 15.9. The zero-order valence-electron chi connectivity index (χ0n) is 12.6. The van der Waals surface area contributed by atoms with Crippen molar-refractivity contribution in [3.63, 3.8) is 0 Å². The van der Waals surface area contributed by atoms with E-state index in [1.165, 1.54) is 0 Å². The maximum absolute atomic E-state index is 12.0. The Labute approximate surface area is 135 Å². The van der Waals surface area contributed by atoms with Gasteiger partial charge in [0.2, 0.25) is 5.91 Å². The molecule has 2 rings (SSSR count). The van der Waals surface area contributed by atoms with Crippen LogP contribution in [0.2, 0.25) is 5.02 Å². The molecule has 2 aromatic rings. The van der Waals surface area contributed by atoms with E-state index in [-0.39, 0.29) is 12.3 Å². The zero-order valence-corrected chi connectivity index (χ0v) is 13.3. The van der Waals surface area contributed by atoms with E-state index in [1.54, 1.807) is 25.3 Å². The molecule has 5 heteroatoms. The summed E-state index contributed by atoms with van der Waals surface area (Å²) in [5.41, 5.74) is 1.56. The van der Waals surface area contributed by atoms with Gasteiger partial charge in [0.15, 0.2) is 0 Å². The van der Waals surface area contributed by atoms with Gasteiger partial charge in [-0.05, 0) is 42.8 Å². The third kappa shape index (κ3) is 4.40. The molecule has 0 saturated carbocycles. The number of ether oxygens (including phenoxy) is 2. The lowest BCUT2D eigenvalue weighted by Crippen LogP contribution is -2.14. The van der Waals surface area contributed by atoms with Crippen LogP contribution in [-0.4, -0.2) is 19.6 Å². The molecule has 0 fully saturated rings. The lowest BCUT2D eigenvalue weighted by molar-refractivity contribution is -0.115. The summed E-state index contributed by atoms with van der Waals surface area (Å²) < 4.78 is 10.4. The first-order valence-electron chi connectivity index (χ1n) is 6.97. The summed E-state index contributed by atoms with van der Waals surface area (Å²) in [5, 5.41) is 3.27. The van der Waals surface area contributed by atoms with E-state index in [4.69, 9.17) is 21.1 Å². The minimum atomic E-state index is -0.106. The number of carbonyl (C=O) groups is 1. The summed E-state index contributed by atoms with van der Waals surface area (Å²) in [6.07, 6.45) is 0.288. The van der Waals surface area contributed by atoms with Crippen LogP contribution in [0.15, 0.2) is 42.5 Å². The van der Waals surface area contributed by atoms with E-state index >= 15 is 0 Å². The van der Waals surface area contributed by atoms with Crippen LogP contribution in [0.4, 0.5) is 5.69 Å². The highest BCUT2D eigenvalue weighted by Crippen LogP contribution is 2.27. The van der Waals surface area contributed by atoms with Crippen molar-refractivity contribution in [3.8, 4) is 11.5 Å². The van der Waals surface area contributed by atoms with Crippen LogP contribution in [-0.2, 0) is 11.2 Å². The lowest BCUT2D eigenvalue weighted by Gasteiger charge is -2.08. The Bertz CT molecular complexity index is 641. The first kappa shape index (κ1) is 16.2. The summed E-state index contributed by atoms with van der Waals surface area (Å²) in [4.78, 5) is 12.0. The van der Waals surface area contributed by atoms with Gasteiger partial charge in [-0.1, -0.05) is 23.7 Å². The molecule has 0 radical (unpaired) electrons. The quantitative estimate of drug-likeness (QED) is 0.877. The number of benzene rings is 2. The molecular formula is C17H18ClNO3. The van der Waals surface area contributed by atoms with E-state index in [9.17, 15) is 4.79 Å². The topological polar surface area (TPSA) is 47.6 Å². The first-order chi connectivity index (χ1) is 10.6. The number of halogens is 1. The summed E-state index contributed by atoms with van der Waals surface area (Å²) in [5.74, 6) is 1.27. The molecule has 2 aromatic carbocycles. The van der Waals surface area contributed by atoms with E-state index in [1.807, 2.05) is 31.2 Å². The van der Waals surface area contributed by atoms with Gasteiger partial charge in [-0.15, -0.1) is 0 Å². The average molecular weight is 320 g/mol. The summed E-state index contributed by atoms with van der Waals surface area (Å²) >= 11 is 6.03. The predicted octanol–water partition coefficient (Wildman–Crippen LogP) is 3.93. The van der Waals surface area contributed by atoms with Crippen molar-refractivity contribution < 1.29 is 14.3 Å². The van der Waals surface area contributed by atoms with Gasteiger partial charge in [-0.3, -0.25) is 4.79 Å². The molecule has 0 aromatic heterocycles. The predicted molar refractivity (Wildman–Crippen MR) is 87.9 cm³/mol. The highest BCUT2D eigenvalue weighted by Gasteiger charge is 2.07. The second-order valence-corrected chi connectivity index (χ2v) is 5.06. The fourth-order valence-electron chi connectivity index (χ4n) is 2.00. The molecule has 0 aliphatic heterocycles. The van der Waals surface area contributed by atoms with Crippen LogP contribution in [0.3, 0.4) is 0 Å². The second-order valence-electron chi connectivity index (χ2n) is 4.65. The Morgan fingerprint density at radius 2 is 1.91 bits per heavy atom. The van der Waals surface area contributed by atoms with Gasteiger partial charge in [0, 0.05) is 5.69 Å². The van der Waals surface area contributed by atoms with Crippen molar-refractivity contribution in [1.29, 1.82) is 0 Å². The Balaban J connectivity index is 1.96.